The molecule has 0 saturated carbocycles. The number of aromatic carboxylic acids is 1. The number of hydrogen-bond donors (Lipinski definition) is 3. The van der Waals surface area contributed by atoms with Gasteiger partial charge in [-0.25, -0.2) is 4.79 Å². The van der Waals surface area contributed by atoms with E-state index >= 15 is 0 Å². The summed E-state index contributed by atoms with van der Waals surface area (Å²) in [6.07, 6.45) is -2.22. The molecule has 3 aromatic rings. The predicted octanol–water partition coefficient (Wildman–Crippen LogP) is 5.19. The van der Waals surface area contributed by atoms with Crippen LogP contribution >= 0.6 is 0 Å². The van der Waals surface area contributed by atoms with Gasteiger partial charge in [0.25, 0.3) is 5.91 Å². The summed E-state index contributed by atoms with van der Waals surface area (Å²) in [5, 5.41) is 14.3. The molecule has 0 spiro atoms. The molecule has 34 heavy (non-hydrogen) atoms. The number of alkyl halides is 3. The van der Waals surface area contributed by atoms with Crippen LogP contribution in [-0.2, 0) is 4.79 Å². The number of halogens is 3. The summed E-state index contributed by atoms with van der Waals surface area (Å²) in [4.78, 5) is 36.0. The van der Waals surface area contributed by atoms with Gasteiger partial charge in [0, 0.05) is 17.3 Å². The highest BCUT2D eigenvalue weighted by Crippen LogP contribution is 2.23. The number of carboxylic acid groups (broad SMARTS) is 1. The van der Waals surface area contributed by atoms with Gasteiger partial charge in [0.15, 0.2) is 0 Å². The first-order chi connectivity index (χ1) is 16.1. The second-order valence-electron chi connectivity index (χ2n) is 6.83. The summed E-state index contributed by atoms with van der Waals surface area (Å²) >= 11 is 0. The topological polar surface area (TPSA) is 105 Å². The fourth-order valence-electron chi connectivity index (χ4n) is 2.85. The number of carbonyl (C=O) groups is 3. The molecule has 0 aliphatic heterocycles. The van der Waals surface area contributed by atoms with Gasteiger partial charge in [-0.3, -0.25) is 9.59 Å². The maximum absolute atomic E-state index is 12.5. The normalized spacial score (nSPS) is 11.1. The number of amides is 2. The molecule has 3 rings (SSSR count). The highest BCUT2D eigenvalue weighted by atomic mass is 19.4. The molecule has 0 fully saturated rings. The number of rotatable bonds is 7. The molecule has 0 heterocycles. The Bertz CT molecular complexity index is 1240. The zero-order valence-electron chi connectivity index (χ0n) is 17.3. The monoisotopic (exact) mass is 470 g/mol. The van der Waals surface area contributed by atoms with Crippen molar-refractivity contribution in [3.63, 3.8) is 0 Å². The van der Waals surface area contributed by atoms with E-state index in [0.29, 0.717) is 11.3 Å². The number of benzene rings is 3. The molecule has 0 aromatic heterocycles. The minimum absolute atomic E-state index is 0.0663. The van der Waals surface area contributed by atoms with E-state index < -0.39 is 24.1 Å². The van der Waals surface area contributed by atoms with Crippen LogP contribution in [0.1, 0.15) is 26.3 Å². The van der Waals surface area contributed by atoms with Crippen molar-refractivity contribution in [2.45, 2.75) is 6.36 Å². The Morgan fingerprint density at radius 2 is 1.59 bits per heavy atom. The lowest BCUT2D eigenvalue weighted by Crippen LogP contribution is -2.16. The number of para-hydroxylation sites is 1. The minimum Gasteiger partial charge on any atom is -0.478 e. The SMILES string of the molecule is O=C(/C=C/c1ccc(OC(F)(F)F)cc1)Nc1cccc(C(=O)Nc2ccccc2C(=O)O)c1. The summed E-state index contributed by atoms with van der Waals surface area (Å²) < 4.78 is 40.4. The predicted molar refractivity (Wildman–Crippen MR) is 119 cm³/mol. The average Bonchev–Trinajstić information content (AvgIpc) is 2.78. The fourth-order valence-corrected chi connectivity index (χ4v) is 2.85. The molecule has 3 aromatic carbocycles. The van der Waals surface area contributed by atoms with Crippen LogP contribution in [0.2, 0.25) is 0 Å². The lowest BCUT2D eigenvalue weighted by Gasteiger charge is -2.09. The Morgan fingerprint density at radius 1 is 0.882 bits per heavy atom. The molecule has 174 valence electrons. The largest absolute Gasteiger partial charge is 0.573 e. The first kappa shape index (κ1) is 24.1. The maximum atomic E-state index is 12.5. The van der Waals surface area contributed by atoms with Crippen LogP contribution < -0.4 is 15.4 Å². The van der Waals surface area contributed by atoms with E-state index in [0.717, 1.165) is 12.1 Å². The van der Waals surface area contributed by atoms with Crippen LogP contribution in [0.3, 0.4) is 0 Å². The van der Waals surface area contributed by atoms with Crippen LogP contribution in [-0.4, -0.2) is 29.3 Å². The molecule has 0 unspecified atom stereocenters. The number of carboxylic acids is 1. The first-order valence-electron chi connectivity index (χ1n) is 9.69. The van der Waals surface area contributed by atoms with Gasteiger partial charge in [0.1, 0.15) is 5.75 Å². The Balaban J connectivity index is 1.63. The van der Waals surface area contributed by atoms with Crippen LogP contribution in [0, 0.1) is 0 Å². The molecule has 0 bridgehead atoms. The number of hydrogen-bond acceptors (Lipinski definition) is 4. The summed E-state index contributed by atoms with van der Waals surface area (Å²) in [6.45, 7) is 0. The molecule has 0 atom stereocenters. The van der Waals surface area contributed by atoms with Crippen molar-refractivity contribution in [3.8, 4) is 5.75 Å². The number of carbonyl (C=O) groups excluding carboxylic acids is 2. The van der Waals surface area contributed by atoms with E-state index in [1.165, 1.54) is 60.7 Å². The van der Waals surface area contributed by atoms with Crippen molar-refractivity contribution in [1.82, 2.24) is 0 Å². The standard InChI is InChI=1S/C24H17F3N2O5/c25-24(26,27)34-18-11-8-15(9-12-18)10-13-21(30)28-17-5-3-4-16(14-17)22(31)29-20-7-2-1-6-19(20)23(32)33/h1-14H,(H,28,30)(H,29,31)(H,32,33)/b13-10+. The van der Waals surface area contributed by atoms with Crippen LogP contribution in [0.5, 0.6) is 5.75 Å². The minimum atomic E-state index is -4.79. The van der Waals surface area contributed by atoms with Crippen molar-refractivity contribution in [2.24, 2.45) is 0 Å². The molecule has 0 saturated heterocycles. The quantitative estimate of drug-likeness (QED) is 0.413. The van der Waals surface area contributed by atoms with Gasteiger partial charge < -0.3 is 20.5 Å². The van der Waals surface area contributed by atoms with E-state index in [4.69, 9.17) is 0 Å². The smallest absolute Gasteiger partial charge is 0.478 e. The first-order valence-corrected chi connectivity index (χ1v) is 9.69. The molecule has 2 amide bonds. The number of nitrogens with one attached hydrogen (secondary N) is 2. The number of anilines is 2. The van der Waals surface area contributed by atoms with Crippen LogP contribution in [0.15, 0.2) is 78.9 Å². The lowest BCUT2D eigenvalue weighted by atomic mass is 10.1. The van der Waals surface area contributed by atoms with Crippen LogP contribution in [0.25, 0.3) is 6.08 Å². The Labute approximate surface area is 191 Å². The van der Waals surface area contributed by atoms with E-state index in [-0.39, 0.29) is 22.6 Å². The van der Waals surface area contributed by atoms with Gasteiger partial charge in [0.05, 0.1) is 11.3 Å². The molecule has 0 aliphatic carbocycles. The van der Waals surface area contributed by atoms with Crippen LogP contribution in [0.4, 0.5) is 24.5 Å². The molecule has 3 N–H and O–H groups in total. The summed E-state index contributed by atoms with van der Waals surface area (Å²) in [5.74, 6) is -2.67. The van der Waals surface area contributed by atoms with Gasteiger partial charge >= 0.3 is 12.3 Å². The van der Waals surface area contributed by atoms with Gasteiger partial charge in [-0.05, 0) is 54.1 Å². The van der Waals surface area contributed by atoms with Crippen molar-refractivity contribution in [2.75, 3.05) is 10.6 Å². The van der Waals surface area contributed by atoms with Gasteiger partial charge in [-0.2, -0.15) is 0 Å². The summed E-state index contributed by atoms with van der Waals surface area (Å²) in [5.41, 5.74) is 1.02. The van der Waals surface area contributed by atoms with Crippen molar-refractivity contribution in [3.05, 3.63) is 95.6 Å². The van der Waals surface area contributed by atoms with Crippen molar-refractivity contribution >= 4 is 35.2 Å². The van der Waals surface area contributed by atoms with Crippen molar-refractivity contribution in [1.29, 1.82) is 0 Å². The average molecular weight is 470 g/mol. The molecular weight excluding hydrogens is 453 g/mol. The molecule has 7 nitrogen and oxygen atoms in total. The van der Waals surface area contributed by atoms with E-state index in [9.17, 15) is 32.7 Å². The van der Waals surface area contributed by atoms with Gasteiger partial charge in [-0.15, -0.1) is 13.2 Å². The van der Waals surface area contributed by atoms with Crippen molar-refractivity contribution < 1.29 is 37.4 Å². The van der Waals surface area contributed by atoms with E-state index in [2.05, 4.69) is 15.4 Å². The van der Waals surface area contributed by atoms with E-state index in [1.807, 2.05) is 0 Å². The van der Waals surface area contributed by atoms with Gasteiger partial charge in [-0.1, -0.05) is 30.3 Å². The molecular formula is C24H17F3N2O5. The molecule has 10 heteroatoms. The van der Waals surface area contributed by atoms with E-state index in [1.54, 1.807) is 12.1 Å². The summed E-state index contributed by atoms with van der Waals surface area (Å²) in [6, 6.07) is 16.9. The third kappa shape index (κ3) is 6.95. The number of ether oxygens (including phenoxy) is 1. The lowest BCUT2D eigenvalue weighted by molar-refractivity contribution is -0.274. The second-order valence-corrected chi connectivity index (χ2v) is 6.83. The Morgan fingerprint density at radius 3 is 2.26 bits per heavy atom. The zero-order valence-corrected chi connectivity index (χ0v) is 17.3. The zero-order chi connectivity index (χ0) is 24.7. The molecule has 0 aliphatic rings. The summed E-state index contributed by atoms with van der Waals surface area (Å²) in [7, 11) is 0. The van der Waals surface area contributed by atoms with Gasteiger partial charge in [0.2, 0.25) is 5.91 Å². The highest BCUT2D eigenvalue weighted by molar-refractivity contribution is 6.09. The highest BCUT2D eigenvalue weighted by Gasteiger charge is 2.30. The Kier molecular flexibility index (Phi) is 7.32. The third-order valence-electron chi connectivity index (χ3n) is 4.34. The third-order valence-corrected chi connectivity index (χ3v) is 4.34. The molecule has 0 radical (unpaired) electrons. The maximum Gasteiger partial charge on any atom is 0.573 e. The second kappa shape index (κ2) is 10.3. The Hall–Kier alpha value is -4.60. The fraction of sp³-hybridized carbons (Fsp3) is 0.0417.